The summed E-state index contributed by atoms with van der Waals surface area (Å²) in [5.74, 6) is -1.42. The molecule has 0 bridgehead atoms. The summed E-state index contributed by atoms with van der Waals surface area (Å²) in [6.07, 6.45) is 0. The van der Waals surface area contributed by atoms with Crippen LogP contribution in [0.15, 0.2) is 11.1 Å². The van der Waals surface area contributed by atoms with Crippen LogP contribution in [-0.2, 0) is 9.53 Å². The Labute approximate surface area is 87.4 Å². The van der Waals surface area contributed by atoms with E-state index in [9.17, 15) is 4.79 Å². The third-order valence-electron chi connectivity index (χ3n) is 1.94. The van der Waals surface area contributed by atoms with Gasteiger partial charge >= 0.3 is 5.97 Å². The van der Waals surface area contributed by atoms with Crippen LogP contribution >= 0.6 is 0 Å². The average Bonchev–Trinajstić information content (AvgIpc) is 2.24. The molecular formula is C9H16O6. The molecule has 0 aromatic carbocycles. The molecule has 15 heavy (non-hydrogen) atoms. The number of esters is 1. The lowest BCUT2D eigenvalue weighted by Gasteiger charge is -2.15. The summed E-state index contributed by atoms with van der Waals surface area (Å²) in [5, 5.41) is 35.1. The summed E-state index contributed by atoms with van der Waals surface area (Å²) in [7, 11) is 0. The van der Waals surface area contributed by atoms with Crippen molar-refractivity contribution in [2.24, 2.45) is 5.92 Å². The molecule has 0 amide bonds. The zero-order valence-corrected chi connectivity index (χ0v) is 8.51. The van der Waals surface area contributed by atoms with Crippen LogP contribution in [0.3, 0.4) is 0 Å². The number of hydrogen-bond donors (Lipinski definition) is 4. The Balaban J connectivity index is 5.02. The first-order valence-corrected chi connectivity index (χ1v) is 4.44. The predicted octanol–water partition coefficient (Wildman–Crippen LogP) is -1.61. The van der Waals surface area contributed by atoms with Crippen molar-refractivity contribution in [3.8, 4) is 0 Å². The molecule has 0 heterocycles. The molecule has 0 aromatic rings. The SMILES string of the molecule is CC(CO)C(C(=O)OCO)=C(CO)CO. The van der Waals surface area contributed by atoms with Crippen molar-refractivity contribution in [3.05, 3.63) is 11.1 Å². The molecule has 1 unspecified atom stereocenters. The van der Waals surface area contributed by atoms with Crippen molar-refractivity contribution >= 4 is 5.97 Å². The van der Waals surface area contributed by atoms with Crippen LogP contribution in [0.4, 0.5) is 0 Å². The summed E-state index contributed by atoms with van der Waals surface area (Å²) in [5.41, 5.74) is 0.0755. The maximum absolute atomic E-state index is 11.3. The standard InChI is InChI=1S/C9H16O6/c1-6(2-10)8(7(3-11)4-12)9(14)15-5-13/h6,10-13H,2-5H2,1H3. The molecule has 0 fully saturated rings. The fraction of sp³-hybridized carbons (Fsp3) is 0.667. The van der Waals surface area contributed by atoms with Gasteiger partial charge in [-0.25, -0.2) is 4.79 Å². The van der Waals surface area contributed by atoms with E-state index in [4.69, 9.17) is 20.4 Å². The third kappa shape index (κ3) is 3.96. The first-order chi connectivity index (χ1) is 7.12. The maximum Gasteiger partial charge on any atom is 0.336 e. The van der Waals surface area contributed by atoms with Gasteiger partial charge < -0.3 is 25.2 Å². The zero-order chi connectivity index (χ0) is 11.8. The van der Waals surface area contributed by atoms with Crippen LogP contribution in [0.1, 0.15) is 6.92 Å². The first kappa shape index (κ1) is 14.1. The van der Waals surface area contributed by atoms with E-state index in [2.05, 4.69) is 4.74 Å². The largest absolute Gasteiger partial charge is 0.435 e. The number of aliphatic hydroxyl groups excluding tert-OH is 4. The van der Waals surface area contributed by atoms with Crippen LogP contribution in [0, 0.1) is 5.92 Å². The summed E-state index contributed by atoms with van der Waals surface area (Å²) < 4.78 is 4.34. The predicted molar refractivity (Wildman–Crippen MR) is 50.6 cm³/mol. The Kier molecular flexibility index (Phi) is 6.89. The minimum atomic E-state index is -0.850. The van der Waals surface area contributed by atoms with Crippen molar-refractivity contribution in [1.82, 2.24) is 0 Å². The van der Waals surface area contributed by atoms with Gasteiger partial charge in [-0.1, -0.05) is 6.92 Å². The number of ether oxygens (including phenoxy) is 1. The van der Waals surface area contributed by atoms with Gasteiger partial charge in [-0.2, -0.15) is 0 Å². The number of carbonyl (C=O) groups is 1. The van der Waals surface area contributed by atoms with Crippen LogP contribution in [0.25, 0.3) is 0 Å². The molecule has 6 heteroatoms. The minimum absolute atomic E-state index is 0.00319. The molecule has 0 radical (unpaired) electrons. The highest BCUT2D eigenvalue weighted by molar-refractivity contribution is 5.90. The lowest BCUT2D eigenvalue weighted by molar-refractivity contribution is -0.147. The van der Waals surface area contributed by atoms with Crippen LogP contribution in [-0.4, -0.2) is 53.0 Å². The Morgan fingerprint density at radius 3 is 2.07 bits per heavy atom. The second kappa shape index (κ2) is 7.36. The Bertz CT molecular complexity index is 229. The van der Waals surface area contributed by atoms with Crippen LogP contribution < -0.4 is 0 Å². The minimum Gasteiger partial charge on any atom is -0.435 e. The van der Waals surface area contributed by atoms with Gasteiger partial charge in [0.2, 0.25) is 0 Å². The fourth-order valence-electron chi connectivity index (χ4n) is 1.14. The van der Waals surface area contributed by atoms with Gasteiger partial charge in [0.15, 0.2) is 6.79 Å². The Morgan fingerprint density at radius 2 is 1.73 bits per heavy atom. The van der Waals surface area contributed by atoms with E-state index >= 15 is 0 Å². The lowest BCUT2D eigenvalue weighted by Crippen LogP contribution is -2.21. The van der Waals surface area contributed by atoms with E-state index in [1.165, 1.54) is 0 Å². The normalized spacial score (nSPS) is 12.1. The quantitative estimate of drug-likeness (QED) is 0.244. The highest BCUT2D eigenvalue weighted by Gasteiger charge is 2.21. The molecule has 88 valence electrons. The van der Waals surface area contributed by atoms with Gasteiger partial charge in [0.05, 0.1) is 13.2 Å². The summed E-state index contributed by atoms with van der Waals surface area (Å²) >= 11 is 0. The fourth-order valence-corrected chi connectivity index (χ4v) is 1.14. The van der Waals surface area contributed by atoms with E-state index in [0.29, 0.717) is 0 Å². The summed E-state index contributed by atoms with van der Waals surface area (Å²) in [6.45, 7) is -0.573. The van der Waals surface area contributed by atoms with Crippen molar-refractivity contribution in [3.63, 3.8) is 0 Å². The zero-order valence-electron chi connectivity index (χ0n) is 8.51. The highest BCUT2D eigenvalue weighted by atomic mass is 16.6. The van der Waals surface area contributed by atoms with Crippen molar-refractivity contribution < 1.29 is 30.0 Å². The maximum atomic E-state index is 11.3. The monoisotopic (exact) mass is 220 g/mol. The second-order valence-corrected chi connectivity index (χ2v) is 2.98. The molecule has 0 aromatic heterocycles. The smallest absolute Gasteiger partial charge is 0.336 e. The molecular weight excluding hydrogens is 204 g/mol. The molecule has 0 spiro atoms. The molecule has 0 aliphatic carbocycles. The number of aliphatic hydroxyl groups is 4. The third-order valence-corrected chi connectivity index (χ3v) is 1.94. The van der Waals surface area contributed by atoms with Crippen molar-refractivity contribution in [2.45, 2.75) is 6.92 Å². The van der Waals surface area contributed by atoms with Crippen molar-refractivity contribution in [2.75, 3.05) is 26.6 Å². The van der Waals surface area contributed by atoms with E-state index in [0.717, 1.165) is 0 Å². The van der Waals surface area contributed by atoms with Crippen LogP contribution in [0.5, 0.6) is 0 Å². The van der Waals surface area contributed by atoms with Gasteiger partial charge in [-0.3, -0.25) is 0 Å². The van der Waals surface area contributed by atoms with E-state index in [-0.39, 0.29) is 17.8 Å². The Morgan fingerprint density at radius 1 is 1.20 bits per heavy atom. The van der Waals surface area contributed by atoms with Crippen LogP contribution in [0.2, 0.25) is 0 Å². The molecule has 1 atom stereocenters. The molecule has 0 saturated carbocycles. The number of hydrogen-bond acceptors (Lipinski definition) is 6. The average molecular weight is 220 g/mol. The number of carbonyl (C=O) groups excluding carboxylic acids is 1. The van der Waals surface area contributed by atoms with Gasteiger partial charge in [0.1, 0.15) is 0 Å². The lowest BCUT2D eigenvalue weighted by atomic mass is 9.97. The topological polar surface area (TPSA) is 107 Å². The molecule has 0 rings (SSSR count). The van der Waals surface area contributed by atoms with Gasteiger partial charge in [-0.05, 0) is 5.57 Å². The van der Waals surface area contributed by atoms with Crippen molar-refractivity contribution in [1.29, 1.82) is 0 Å². The van der Waals surface area contributed by atoms with Gasteiger partial charge in [0.25, 0.3) is 0 Å². The van der Waals surface area contributed by atoms with E-state index in [1.54, 1.807) is 6.92 Å². The first-order valence-electron chi connectivity index (χ1n) is 4.44. The van der Waals surface area contributed by atoms with E-state index < -0.39 is 31.9 Å². The molecule has 6 nitrogen and oxygen atoms in total. The second-order valence-electron chi connectivity index (χ2n) is 2.98. The van der Waals surface area contributed by atoms with Gasteiger partial charge in [-0.15, -0.1) is 0 Å². The highest BCUT2D eigenvalue weighted by Crippen LogP contribution is 2.16. The molecule has 0 aliphatic heterocycles. The van der Waals surface area contributed by atoms with Gasteiger partial charge in [0, 0.05) is 18.1 Å². The molecule has 0 saturated heterocycles. The number of rotatable bonds is 6. The Hall–Kier alpha value is -0.950. The summed E-state index contributed by atoms with van der Waals surface area (Å²) in [4.78, 5) is 11.3. The molecule has 4 N–H and O–H groups in total. The summed E-state index contributed by atoms with van der Waals surface area (Å²) in [6, 6.07) is 0. The molecule has 0 aliphatic rings. The van der Waals surface area contributed by atoms with E-state index in [1.807, 2.05) is 0 Å².